The molecule has 21 heavy (non-hydrogen) atoms. The Kier molecular flexibility index (Phi) is 4.38. The lowest BCUT2D eigenvalue weighted by atomic mass is 10.1. The van der Waals surface area contributed by atoms with Crippen LogP contribution in [0.5, 0.6) is 0 Å². The molecule has 1 amide bonds. The summed E-state index contributed by atoms with van der Waals surface area (Å²) in [6, 6.07) is 6.10. The van der Waals surface area contributed by atoms with Gasteiger partial charge in [0, 0.05) is 31.9 Å². The van der Waals surface area contributed by atoms with E-state index < -0.39 is 4.92 Å². The molecule has 0 spiro atoms. The van der Waals surface area contributed by atoms with Crippen molar-refractivity contribution >= 4 is 17.3 Å². The van der Waals surface area contributed by atoms with Gasteiger partial charge in [0.2, 0.25) is 5.91 Å². The van der Waals surface area contributed by atoms with Gasteiger partial charge in [0.25, 0.3) is 5.69 Å². The van der Waals surface area contributed by atoms with E-state index in [2.05, 4.69) is 0 Å². The molecule has 0 saturated carbocycles. The maximum Gasteiger partial charge on any atom is 0.287 e. The van der Waals surface area contributed by atoms with Crippen LogP contribution in [0.3, 0.4) is 0 Å². The van der Waals surface area contributed by atoms with Crippen LogP contribution in [0, 0.1) is 21.4 Å². The zero-order valence-corrected chi connectivity index (χ0v) is 11.8. The molecule has 1 heterocycles. The van der Waals surface area contributed by atoms with Gasteiger partial charge in [0.05, 0.1) is 11.5 Å². The van der Waals surface area contributed by atoms with Crippen molar-refractivity contribution in [1.29, 1.82) is 5.26 Å². The first-order valence-electron chi connectivity index (χ1n) is 6.70. The number of nitro groups is 1. The molecule has 7 nitrogen and oxygen atoms in total. The number of nitro benzene ring substituents is 1. The van der Waals surface area contributed by atoms with Gasteiger partial charge in [-0.1, -0.05) is 0 Å². The second kappa shape index (κ2) is 6.22. The molecular formula is C14H16N4O3. The van der Waals surface area contributed by atoms with E-state index in [1.807, 2.05) is 11.0 Å². The van der Waals surface area contributed by atoms with Gasteiger partial charge >= 0.3 is 0 Å². The average molecular weight is 288 g/mol. The van der Waals surface area contributed by atoms with Crippen LogP contribution in [0.25, 0.3) is 0 Å². The summed E-state index contributed by atoms with van der Waals surface area (Å²) in [6.45, 7) is 1.77. The SMILES string of the molecule is CN(CC(=O)N1CCCC1)c1ccc([N+](=O)[O-])c(C#N)c1. The molecule has 0 bridgehead atoms. The Morgan fingerprint density at radius 2 is 2.14 bits per heavy atom. The fraction of sp³-hybridized carbons (Fsp3) is 0.429. The van der Waals surface area contributed by atoms with E-state index in [1.54, 1.807) is 18.0 Å². The Bertz CT molecular complexity index is 603. The number of hydrogen-bond acceptors (Lipinski definition) is 5. The third kappa shape index (κ3) is 3.28. The molecule has 0 unspecified atom stereocenters. The second-order valence-corrected chi connectivity index (χ2v) is 5.01. The number of rotatable bonds is 4. The Balaban J connectivity index is 2.12. The molecule has 7 heteroatoms. The number of nitriles is 1. The highest BCUT2D eigenvalue weighted by Crippen LogP contribution is 2.24. The van der Waals surface area contributed by atoms with Crippen LogP contribution in [-0.2, 0) is 4.79 Å². The normalized spacial score (nSPS) is 13.8. The largest absolute Gasteiger partial charge is 0.365 e. The second-order valence-electron chi connectivity index (χ2n) is 5.01. The highest BCUT2D eigenvalue weighted by atomic mass is 16.6. The third-order valence-corrected chi connectivity index (χ3v) is 3.57. The molecule has 0 aliphatic carbocycles. The fourth-order valence-electron chi connectivity index (χ4n) is 2.37. The standard InChI is InChI=1S/C14H16N4O3/c1-16(10-14(19)17-6-2-3-7-17)12-4-5-13(18(20)21)11(8-12)9-15/h4-5,8H,2-3,6-7,10H2,1H3. The van der Waals surface area contributed by atoms with Gasteiger partial charge in [-0.25, -0.2) is 0 Å². The van der Waals surface area contributed by atoms with Crippen molar-refractivity contribution in [3.8, 4) is 6.07 Å². The zero-order chi connectivity index (χ0) is 15.4. The molecule has 110 valence electrons. The molecule has 0 atom stereocenters. The maximum absolute atomic E-state index is 12.1. The van der Waals surface area contributed by atoms with Crippen LogP contribution < -0.4 is 4.90 Å². The third-order valence-electron chi connectivity index (χ3n) is 3.57. The average Bonchev–Trinajstić information content (AvgIpc) is 3.00. The van der Waals surface area contributed by atoms with Crippen molar-refractivity contribution in [2.24, 2.45) is 0 Å². The lowest BCUT2D eigenvalue weighted by molar-refractivity contribution is -0.385. The molecule has 1 aromatic rings. The molecule has 2 rings (SSSR count). The summed E-state index contributed by atoms with van der Waals surface area (Å²) in [4.78, 5) is 25.8. The van der Waals surface area contributed by atoms with Crippen LogP contribution in [0.15, 0.2) is 18.2 Å². The topological polar surface area (TPSA) is 90.5 Å². The molecule has 0 radical (unpaired) electrons. The molecule has 0 aromatic heterocycles. The van der Waals surface area contributed by atoms with Crippen molar-refractivity contribution in [2.45, 2.75) is 12.8 Å². The van der Waals surface area contributed by atoms with Gasteiger partial charge in [-0.3, -0.25) is 14.9 Å². The lowest BCUT2D eigenvalue weighted by Gasteiger charge is -2.22. The smallest absolute Gasteiger partial charge is 0.287 e. The van der Waals surface area contributed by atoms with Crippen LogP contribution in [0.4, 0.5) is 11.4 Å². The molecule has 0 N–H and O–H groups in total. The molecule has 1 aliphatic rings. The van der Waals surface area contributed by atoms with Gasteiger partial charge in [0.15, 0.2) is 0 Å². The number of hydrogen-bond donors (Lipinski definition) is 0. The van der Waals surface area contributed by atoms with Crippen LogP contribution in [0.2, 0.25) is 0 Å². The minimum atomic E-state index is -0.586. The van der Waals surface area contributed by atoms with E-state index in [-0.39, 0.29) is 23.7 Å². The van der Waals surface area contributed by atoms with Gasteiger partial charge < -0.3 is 9.80 Å². The summed E-state index contributed by atoms with van der Waals surface area (Å²) in [6.07, 6.45) is 2.07. The molecule has 1 saturated heterocycles. The van der Waals surface area contributed by atoms with Crippen LogP contribution in [0.1, 0.15) is 18.4 Å². The Labute approximate surface area is 122 Å². The number of nitrogens with zero attached hydrogens (tertiary/aromatic N) is 4. The molecule has 1 aliphatic heterocycles. The molecular weight excluding hydrogens is 272 g/mol. The predicted molar refractivity (Wildman–Crippen MR) is 76.9 cm³/mol. The van der Waals surface area contributed by atoms with Gasteiger partial charge in [-0.15, -0.1) is 0 Å². The number of amides is 1. The first-order valence-corrected chi connectivity index (χ1v) is 6.70. The van der Waals surface area contributed by atoms with Crippen molar-refractivity contribution in [1.82, 2.24) is 4.90 Å². The number of anilines is 1. The molecule has 1 aromatic carbocycles. The summed E-state index contributed by atoms with van der Waals surface area (Å²) in [5.41, 5.74) is 0.392. The Morgan fingerprint density at radius 3 is 2.71 bits per heavy atom. The minimum Gasteiger partial charge on any atom is -0.365 e. The van der Waals surface area contributed by atoms with E-state index in [0.717, 1.165) is 25.9 Å². The van der Waals surface area contributed by atoms with Gasteiger partial charge in [-0.2, -0.15) is 5.26 Å². The fourth-order valence-corrected chi connectivity index (χ4v) is 2.37. The monoisotopic (exact) mass is 288 g/mol. The van der Waals surface area contributed by atoms with E-state index in [0.29, 0.717) is 5.69 Å². The van der Waals surface area contributed by atoms with Crippen molar-refractivity contribution in [2.75, 3.05) is 31.6 Å². The van der Waals surface area contributed by atoms with E-state index in [1.165, 1.54) is 12.1 Å². The predicted octanol–water partition coefficient (Wildman–Crippen LogP) is 1.53. The van der Waals surface area contributed by atoms with E-state index >= 15 is 0 Å². The number of likely N-dealkylation sites (tertiary alicyclic amines) is 1. The number of carbonyl (C=O) groups is 1. The first kappa shape index (κ1) is 14.8. The minimum absolute atomic E-state index is 0.00188. The quantitative estimate of drug-likeness (QED) is 0.619. The van der Waals surface area contributed by atoms with E-state index in [9.17, 15) is 14.9 Å². The zero-order valence-electron chi connectivity index (χ0n) is 11.8. The van der Waals surface area contributed by atoms with Gasteiger partial charge in [-0.05, 0) is 25.0 Å². The number of benzene rings is 1. The van der Waals surface area contributed by atoms with E-state index in [4.69, 9.17) is 5.26 Å². The summed E-state index contributed by atoms with van der Waals surface area (Å²) in [5.74, 6) is 0.0341. The Hall–Kier alpha value is -2.62. The summed E-state index contributed by atoms with van der Waals surface area (Å²) < 4.78 is 0. The summed E-state index contributed by atoms with van der Waals surface area (Å²) >= 11 is 0. The van der Waals surface area contributed by atoms with Crippen molar-refractivity contribution in [3.05, 3.63) is 33.9 Å². The number of likely N-dealkylation sites (N-methyl/N-ethyl adjacent to an activating group) is 1. The highest BCUT2D eigenvalue weighted by molar-refractivity contribution is 5.81. The first-order chi connectivity index (χ1) is 10.0. The number of carbonyl (C=O) groups excluding carboxylic acids is 1. The highest BCUT2D eigenvalue weighted by Gasteiger charge is 2.20. The summed E-state index contributed by atoms with van der Waals surface area (Å²) in [5, 5.41) is 19.8. The van der Waals surface area contributed by atoms with Gasteiger partial charge in [0.1, 0.15) is 11.6 Å². The summed E-state index contributed by atoms with van der Waals surface area (Å²) in [7, 11) is 1.73. The maximum atomic E-state index is 12.1. The van der Waals surface area contributed by atoms with Crippen LogP contribution in [-0.4, -0.2) is 42.4 Å². The lowest BCUT2D eigenvalue weighted by Crippen LogP contribution is -2.37. The molecule has 1 fully saturated rings. The van der Waals surface area contributed by atoms with Crippen molar-refractivity contribution in [3.63, 3.8) is 0 Å². The van der Waals surface area contributed by atoms with Crippen LogP contribution >= 0.6 is 0 Å². The Morgan fingerprint density at radius 1 is 1.48 bits per heavy atom. The van der Waals surface area contributed by atoms with Crippen molar-refractivity contribution < 1.29 is 9.72 Å².